The van der Waals surface area contributed by atoms with Crippen LogP contribution < -0.4 is 15.0 Å². The highest BCUT2D eigenvalue weighted by molar-refractivity contribution is 9.10. The molecule has 23 heavy (non-hydrogen) atoms. The van der Waals surface area contributed by atoms with Crippen molar-refractivity contribution in [3.63, 3.8) is 0 Å². The Balaban J connectivity index is 1.86. The monoisotopic (exact) mass is 418 g/mol. The molecule has 0 atom stereocenters. The van der Waals surface area contributed by atoms with Gasteiger partial charge in [-0.25, -0.2) is 8.42 Å². The Labute approximate surface area is 146 Å². The van der Waals surface area contributed by atoms with Crippen LogP contribution in [-0.4, -0.2) is 20.9 Å². The van der Waals surface area contributed by atoms with E-state index >= 15 is 0 Å². The van der Waals surface area contributed by atoms with E-state index < -0.39 is 15.9 Å². The summed E-state index contributed by atoms with van der Waals surface area (Å²) >= 11 is 8.97. The Morgan fingerprint density at radius 2 is 1.70 bits per heavy atom. The second kappa shape index (κ2) is 7.78. The first-order chi connectivity index (χ1) is 10.9. The van der Waals surface area contributed by atoms with E-state index in [2.05, 4.69) is 21.4 Å². The van der Waals surface area contributed by atoms with Gasteiger partial charge in [-0.3, -0.25) is 10.2 Å². The third-order valence-electron chi connectivity index (χ3n) is 2.63. The van der Waals surface area contributed by atoms with Crippen LogP contribution in [0.15, 0.2) is 57.9 Å². The number of hydrogen-bond donors (Lipinski definition) is 2. The largest absolute Gasteiger partial charge is 0.484 e. The zero-order chi connectivity index (χ0) is 16.9. The Kier molecular flexibility index (Phi) is 6.00. The van der Waals surface area contributed by atoms with Crippen LogP contribution in [0, 0.1) is 0 Å². The fourth-order valence-corrected chi connectivity index (χ4v) is 2.76. The Hall–Kier alpha value is -1.61. The first-order valence-electron chi connectivity index (χ1n) is 6.31. The fourth-order valence-electron chi connectivity index (χ4n) is 1.51. The van der Waals surface area contributed by atoms with Crippen molar-refractivity contribution in [3.05, 3.63) is 58.0 Å². The normalized spacial score (nSPS) is 11.0. The van der Waals surface area contributed by atoms with Gasteiger partial charge in [-0.15, -0.1) is 4.83 Å². The summed E-state index contributed by atoms with van der Waals surface area (Å²) in [7, 11) is -3.86. The molecule has 0 radical (unpaired) electrons. The van der Waals surface area contributed by atoms with E-state index in [0.717, 1.165) is 4.47 Å². The minimum Gasteiger partial charge on any atom is -0.484 e. The van der Waals surface area contributed by atoms with Gasteiger partial charge < -0.3 is 4.74 Å². The SMILES string of the molecule is O=C(COc1ccc(Br)cc1)NNS(=O)(=O)c1ccc(Cl)cc1. The molecule has 0 aliphatic rings. The minimum atomic E-state index is -3.86. The van der Waals surface area contributed by atoms with E-state index in [-0.39, 0.29) is 11.5 Å². The molecular weight excluding hydrogens is 408 g/mol. The molecule has 0 unspecified atom stereocenters. The molecule has 0 aliphatic carbocycles. The molecule has 0 spiro atoms. The van der Waals surface area contributed by atoms with Gasteiger partial charge in [0.25, 0.3) is 15.9 Å². The van der Waals surface area contributed by atoms with Crippen molar-refractivity contribution >= 4 is 43.5 Å². The van der Waals surface area contributed by atoms with Gasteiger partial charge in [-0.2, -0.15) is 0 Å². The predicted molar refractivity (Wildman–Crippen MR) is 89.6 cm³/mol. The second-order valence-electron chi connectivity index (χ2n) is 4.35. The van der Waals surface area contributed by atoms with Gasteiger partial charge in [-0.05, 0) is 48.5 Å². The highest BCUT2D eigenvalue weighted by Gasteiger charge is 2.15. The summed E-state index contributed by atoms with van der Waals surface area (Å²) in [6, 6.07) is 12.4. The molecule has 122 valence electrons. The summed E-state index contributed by atoms with van der Waals surface area (Å²) in [6.07, 6.45) is 0. The zero-order valence-corrected chi connectivity index (χ0v) is 14.8. The molecule has 1 amide bonds. The quantitative estimate of drug-likeness (QED) is 0.705. The van der Waals surface area contributed by atoms with Gasteiger partial charge in [0.05, 0.1) is 4.90 Å². The van der Waals surface area contributed by atoms with Gasteiger partial charge in [0, 0.05) is 9.50 Å². The lowest BCUT2D eigenvalue weighted by Gasteiger charge is -2.09. The van der Waals surface area contributed by atoms with E-state index in [1.54, 1.807) is 24.3 Å². The van der Waals surface area contributed by atoms with Crippen LogP contribution >= 0.6 is 27.5 Å². The maximum Gasteiger partial charge on any atom is 0.272 e. The average molecular weight is 420 g/mol. The van der Waals surface area contributed by atoms with Crippen LogP contribution in [-0.2, 0) is 14.8 Å². The maximum atomic E-state index is 11.9. The number of benzene rings is 2. The second-order valence-corrected chi connectivity index (χ2v) is 7.38. The molecule has 9 heteroatoms. The van der Waals surface area contributed by atoms with Crippen molar-refractivity contribution in [2.75, 3.05) is 6.61 Å². The first kappa shape index (κ1) is 17.7. The van der Waals surface area contributed by atoms with E-state index in [0.29, 0.717) is 10.8 Å². The number of rotatable bonds is 6. The molecule has 0 aromatic heterocycles. The molecular formula is C14H12BrClN2O4S. The molecule has 2 N–H and O–H groups in total. The number of nitrogens with one attached hydrogen (secondary N) is 2. The van der Waals surface area contributed by atoms with Gasteiger partial charge in [0.15, 0.2) is 6.61 Å². The minimum absolute atomic E-state index is 0.0176. The van der Waals surface area contributed by atoms with Crippen LogP contribution in [0.4, 0.5) is 0 Å². The van der Waals surface area contributed by atoms with Gasteiger partial charge in [-0.1, -0.05) is 27.5 Å². The van der Waals surface area contributed by atoms with Crippen molar-refractivity contribution in [1.29, 1.82) is 0 Å². The highest BCUT2D eigenvalue weighted by Crippen LogP contribution is 2.16. The van der Waals surface area contributed by atoms with Crippen molar-refractivity contribution in [2.24, 2.45) is 0 Å². The number of carbonyl (C=O) groups excluding carboxylic acids is 1. The van der Waals surface area contributed by atoms with Crippen LogP contribution in [0.5, 0.6) is 5.75 Å². The summed E-state index contributed by atoms with van der Waals surface area (Å²) in [5.41, 5.74) is 2.07. The van der Waals surface area contributed by atoms with E-state index in [1.807, 2.05) is 4.83 Å². The van der Waals surface area contributed by atoms with Crippen LogP contribution in [0.25, 0.3) is 0 Å². The molecule has 0 aliphatic heterocycles. The molecule has 0 saturated carbocycles. The van der Waals surface area contributed by atoms with Crippen molar-refractivity contribution in [3.8, 4) is 5.75 Å². The summed E-state index contributed by atoms with van der Waals surface area (Å²) in [5.74, 6) is -0.144. The molecule has 2 aromatic carbocycles. The third kappa shape index (κ3) is 5.51. The number of halogens is 2. The highest BCUT2D eigenvalue weighted by atomic mass is 79.9. The lowest BCUT2D eigenvalue weighted by Crippen LogP contribution is -2.43. The Morgan fingerprint density at radius 1 is 1.09 bits per heavy atom. The summed E-state index contributed by atoms with van der Waals surface area (Å²) in [4.78, 5) is 13.6. The Morgan fingerprint density at radius 3 is 2.30 bits per heavy atom. The van der Waals surface area contributed by atoms with E-state index in [9.17, 15) is 13.2 Å². The number of carbonyl (C=O) groups is 1. The molecule has 6 nitrogen and oxygen atoms in total. The van der Waals surface area contributed by atoms with E-state index in [1.165, 1.54) is 24.3 Å². The van der Waals surface area contributed by atoms with Gasteiger partial charge in [0.1, 0.15) is 5.75 Å². The van der Waals surface area contributed by atoms with Crippen molar-refractivity contribution < 1.29 is 17.9 Å². The molecule has 2 rings (SSSR count). The zero-order valence-electron chi connectivity index (χ0n) is 11.6. The van der Waals surface area contributed by atoms with Gasteiger partial charge >= 0.3 is 0 Å². The predicted octanol–water partition coefficient (Wildman–Crippen LogP) is 2.49. The van der Waals surface area contributed by atoms with Gasteiger partial charge in [0.2, 0.25) is 0 Å². The van der Waals surface area contributed by atoms with Crippen LogP contribution in [0.2, 0.25) is 5.02 Å². The summed E-state index contributed by atoms with van der Waals surface area (Å²) in [5, 5.41) is 0.413. The summed E-state index contributed by atoms with van der Waals surface area (Å²) < 4.78 is 30.0. The van der Waals surface area contributed by atoms with E-state index in [4.69, 9.17) is 16.3 Å². The average Bonchev–Trinajstić information content (AvgIpc) is 2.53. The maximum absolute atomic E-state index is 11.9. The number of amides is 1. The van der Waals surface area contributed by atoms with Crippen molar-refractivity contribution in [2.45, 2.75) is 4.90 Å². The molecule has 0 bridgehead atoms. The molecule has 0 heterocycles. The Bertz CT molecular complexity index is 779. The number of hydrogen-bond acceptors (Lipinski definition) is 4. The summed E-state index contributed by atoms with van der Waals surface area (Å²) in [6.45, 7) is -0.329. The fraction of sp³-hybridized carbons (Fsp3) is 0.0714. The molecule has 0 fully saturated rings. The number of sulfonamides is 1. The number of hydrazine groups is 1. The van der Waals surface area contributed by atoms with Crippen molar-refractivity contribution in [1.82, 2.24) is 10.3 Å². The first-order valence-corrected chi connectivity index (χ1v) is 8.97. The lowest BCUT2D eigenvalue weighted by molar-refractivity contribution is -0.123. The smallest absolute Gasteiger partial charge is 0.272 e. The lowest BCUT2D eigenvalue weighted by atomic mass is 10.3. The van der Waals surface area contributed by atoms with Crippen LogP contribution in [0.1, 0.15) is 0 Å². The topological polar surface area (TPSA) is 84.5 Å². The number of ether oxygens (including phenoxy) is 1. The third-order valence-corrected chi connectivity index (χ3v) is 4.68. The standard InChI is InChI=1S/C14H12BrClN2O4S/c15-10-1-5-12(6-2-10)22-9-14(19)17-18-23(20,21)13-7-3-11(16)4-8-13/h1-8,18H,9H2,(H,17,19). The molecule has 2 aromatic rings. The van der Waals surface area contributed by atoms with Crippen LogP contribution in [0.3, 0.4) is 0 Å². The molecule has 0 saturated heterocycles.